The van der Waals surface area contributed by atoms with Crippen molar-refractivity contribution in [2.24, 2.45) is 0 Å². The number of aromatic nitrogens is 1. The van der Waals surface area contributed by atoms with Crippen molar-refractivity contribution in [1.82, 2.24) is 4.98 Å². The summed E-state index contributed by atoms with van der Waals surface area (Å²) in [6.07, 6.45) is 1.61. The van der Waals surface area contributed by atoms with Crippen molar-refractivity contribution in [3.8, 4) is 5.75 Å². The number of carbonyl (C=O) groups excluding carboxylic acids is 1. The molecule has 1 N–H and O–H groups in total. The molecule has 0 saturated heterocycles. The molecule has 6 heteroatoms. The van der Waals surface area contributed by atoms with Gasteiger partial charge in [-0.3, -0.25) is 4.79 Å². The zero-order valence-electron chi connectivity index (χ0n) is 9.98. The number of carbonyl (C=O) groups is 1. The fourth-order valence-electron chi connectivity index (χ4n) is 1.51. The molecule has 0 aliphatic carbocycles. The fraction of sp³-hybridized carbons (Fsp3) is 0.0769. The first-order chi connectivity index (χ1) is 9.10. The van der Waals surface area contributed by atoms with Crippen molar-refractivity contribution in [1.29, 1.82) is 0 Å². The summed E-state index contributed by atoms with van der Waals surface area (Å²) < 4.78 is 6.88. The van der Waals surface area contributed by atoms with Crippen LogP contribution < -0.4 is 10.1 Å². The summed E-state index contributed by atoms with van der Waals surface area (Å²) >= 11 is 6.66. The molecule has 0 bridgehead atoms. The number of amides is 1. The van der Waals surface area contributed by atoms with Crippen LogP contribution in [0, 0.1) is 0 Å². The highest BCUT2D eigenvalue weighted by Gasteiger charge is 2.13. The summed E-state index contributed by atoms with van der Waals surface area (Å²) in [4.78, 5) is 16.2. The number of hydrogen-bond acceptors (Lipinski definition) is 3. The molecule has 0 radical (unpaired) electrons. The molecular weight excluding hydrogens is 376 g/mol. The van der Waals surface area contributed by atoms with Crippen LogP contribution in [-0.2, 0) is 0 Å². The second-order valence-electron chi connectivity index (χ2n) is 3.66. The number of pyridine rings is 1. The van der Waals surface area contributed by atoms with Crippen LogP contribution in [-0.4, -0.2) is 18.0 Å². The summed E-state index contributed by atoms with van der Waals surface area (Å²) in [5.74, 6) is 0.709. The number of nitrogens with zero attached hydrogens (tertiary/aromatic N) is 1. The number of halogens is 2. The van der Waals surface area contributed by atoms with E-state index in [1.54, 1.807) is 36.5 Å². The zero-order chi connectivity index (χ0) is 13.8. The minimum absolute atomic E-state index is 0.269. The van der Waals surface area contributed by atoms with Gasteiger partial charge in [-0.05, 0) is 30.3 Å². The lowest BCUT2D eigenvalue weighted by atomic mass is 10.2. The number of ether oxygens (including phenoxy) is 1. The number of hydrogen-bond donors (Lipinski definition) is 1. The molecule has 98 valence electrons. The van der Waals surface area contributed by atoms with E-state index in [0.717, 1.165) is 8.95 Å². The Balaban J connectivity index is 2.25. The van der Waals surface area contributed by atoms with E-state index in [-0.39, 0.29) is 5.91 Å². The first kappa shape index (κ1) is 14.0. The lowest BCUT2D eigenvalue weighted by Gasteiger charge is -2.09. The Bertz CT molecular complexity index is 617. The number of anilines is 1. The van der Waals surface area contributed by atoms with Crippen molar-refractivity contribution in [2.45, 2.75) is 0 Å². The van der Waals surface area contributed by atoms with E-state index in [1.165, 1.54) is 7.11 Å². The van der Waals surface area contributed by atoms with E-state index in [4.69, 9.17) is 4.74 Å². The maximum atomic E-state index is 12.2. The normalized spacial score (nSPS) is 10.1. The second-order valence-corrected chi connectivity index (χ2v) is 5.49. The maximum Gasteiger partial charge on any atom is 0.260 e. The van der Waals surface area contributed by atoms with Crippen LogP contribution >= 0.6 is 31.9 Å². The third-order valence-corrected chi connectivity index (χ3v) is 3.36. The molecule has 0 spiro atoms. The highest BCUT2D eigenvalue weighted by atomic mass is 79.9. The number of methoxy groups -OCH3 is 1. The average molecular weight is 386 g/mol. The van der Waals surface area contributed by atoms with Gasteiger partial charge in [0, 0.05) is 15.1 Å². The van der Waals surface area contributed by atoms with Crippen molar-refractivity contribution in [2.75, 3.05) is 12.4 Å². The molecular formula is C13H10Br2N2O2. The standard InChI is InChI=1S/C13H10Br2N2O2/c1-19-11-6-8(14)2-3-10(11)13(18)17-12-7-9(15)4-5-16-12/h2-7H,1H3,(H,16,17,18). The van der Waals surface area contributed by atoms with Gasteiger partial charge in [-0.1, -0.05) is 31.9 Å². The van der Waals surface area contributed by atoms with Crippen molar-refractivity contribution in [3.63, 3.8) is 0 Å². The van der Waals surface area contributed by atoms with Crippen LogP contribution in [0.4, 0.5) is 5.82 Å². The average Bonchev–Trinajstić information content (AvgIpc) is 2.38. The second kappa shape index (κ2) is 6.16. The Kier molecular flexibility index (Phi) is 4.55. The molecule has 0 aliphatic heterocycles. The molecule has 19 heavy (non-hydrogen) atoms. The van der Waals surface area contributed by atoms with Gasteiger partial charge in [0.1, 0.15) is 11.6 Å². The summed E-state index contributed by atoms with van der Waals surface area (Å²) in [6.45, 7) is 0. The third-order valence-electron chi connectivity index (χ3n) is 2.37. The van der Waals surface area contributed by atoms with Crippen LogP contribution in [0.3, 0.4) is 0 Å². The summed E-state index contributed by atoms with van der Waals surface area (Å²) in [5, 5.41) is 2.72. The topological polar surface area (TPSA) is 51.2 Å². The monoisotopic (exact) mass is 384 g/mol. The van der Waals surface area contributed by atoms with Crippen LogP contribution in [0.25, 0.3) is 0 Å². The van der Waals surface area contributed by atoms with Crippen molar-refractivity contribution in [3.05, 3.63) is 51.0 Å². The zero-order valence-corrected chi connectivity index (χ0v) is 13.2. The predicted molar refractivity (Wildman–Crippen MR) is 80.6 cm³/mol. The van der Waals surface area contributed by atoms with Crippen molar-refractivity contribution >= 4 is 43.6 Å². The molecule has 1 amide bonds. The third kappa shape index (κ3) is 3.54. The quantitative estimate of drug-likeness (QED) is 0.872. The number of benzene rings is 1. The maximum absolute atomic E-state index is 12.2. The van der Waals surface area contributed by atoms with Gasteiger partial charge in [0.15, 0.2) is 0 Å². The van der Waals surface area contributed by atoms with Crippen LogP contribution in [0.15, 0.2) is 45.5 Å². The predicted octanol–water partition coefficient (Wildman–Crippen LogP) is 3.87. The lowest BCUT2D eigenvalue weighted by molar-refractivity contribution is 0.102. The molecule has 1 heterocycles. The minimum Gasteiger partial charge on any atom is -0.496 e. The van der Waals surface area contributed by atoms with Gasteiger partial charge in [-0.15, -0.1) is 0 Å². The molecule has 1 aromatic carbocycles. The van der Waals surface area contributed by atoms with E-state index in [1.807, 2.05) is 0 Å². The van der Waals surface area contributed by atoms with E-state index in [9.17, 15) is 4.79 Å². The molecule has 0 fully saturated rings. The Hall–Kier alpha value is -1.40. The van der Waals surface area contributed by atoms with Gasteiger partial charge in [0.25, 0.3) is 5.91 Å². The Morgan fingerprint density at radius 1 is 1.21 bits per heavy atom. The lowest BCUT2D eigenvalue weighted by Crippen LogP contribution is -2.14. The van der Waals surface area contributed by atoms with Gasteiger partial charge in [-0.25, -0.2) is 4.98 Å². The molecule has 2 rings (SSSR count). The number of nitrogens with one attached hydrogen (secondary N) is 1. The SMILES string of the molecule is COc1cc(Br)ccc1C(=O)Nc1cc(Br)ccn1. The first-order valence-electron chi connectivity index (χ1n) is 5.36. The summed E-state index contributed by atoms with van der Waals surface area (Å²) in [6, 6.07) is 8.73. The molecule has 1 aromatic heterocycles. The highest BCUT2D eigenvalue weighted by molar-refractivity contribution is 9.10. The molecule has 2 aromatic rings. The van der Waals surface area contributed by atoms with E-state index >= 15 is 0 Å². The van der Waals surface area contributed by atoms with E-state index in [0.29, 0.717) is 17.1 Å². The Morgan fingerprint density at radius 3 is 2.63 bits per heavy atom. The molecule has 0 aliphatic rings. The van der Waals surface area contributed by atoms with Gasteiger partial charge in [0.05, 0.1) is 12.7 Å². The van der Waals surface area contributed by atoms with Crippen LogP contribution in [0.1, 0.15) is 10.4 Å². The smallest absolute Gasteiger partial charge is 0.260 e. The minimum atomic E-state index is -0.269. The molecule has 0 unspecified atom stereocenters. The summed E-state index contributed by atoms with van der Waals surface area (Å²) in [7, 11) is 1.52. The van der Waals surface area contributed by atoms with Gasteiger partial charge in [0.2, 0.25) is 0 Å². The fourth-order valence-corrected chi connectivity index (χ4v) is 2.18. The van der Waals surface area contributed by atoms with E-state index in [2.05, 4.69) is 42.2 Å². The van der Waals surface area contributed by atoms with Crippen molar-refractivity contribution < 1.29 is 9.53 Å². The molecule has 0 atom stereocenters. The largest absolute Gasteiger partial charge is 0.496 e. The van der Waals surface area contributed by atoms with Gasteiger partial charge < -0.3 is 10.1 Å². The summed E-state index contributed by atoms with van der Waals surface area (Å²) in [5.41, 5.74) is 0.451. The Labute approximate surface area is 127 Å². The molecule has 4 nitrogen and oxygen atoms in total. The molecule has 0 saturated carbocycles. The van der Waals surface area contributed by atoms with Crippen LogP contribution in [0.5, 0.6) is 5.75 Å². The van der Waals surface area contributed by atoms with Gasteiger partial charge >= 0.3 is 0 Å². The Morgan fingerprint density at radius 2 is 1.95 bits per heavy atom. The van der Waals surface area contributed by atoms with Gasteiger partial charge in [-0.2, -0.15) is 0 Å². The highest BCUT2D eigenvalue weighted by Crippen LogP contribution is 2.24. The van der Waals surface area contributed by atoms with Crippen LogP contribution in [0.2, 0.25) is 0 Å². The van der Waals surface area contributed by atoms with E-state index < -0.39 is 0 Å². The first-order valence-corrected chi connectivity index (χ1v) is 6.95. The number of rotatable bonds is 3.